The van der Waals surface area contributed by atoms with Gasteiger partial charge in [-0.25, -0.2) is 0 Å². The topological polar surface area (TPSA) is 114 Å². The number of hydrogen-bond donors (Lipinski definition) is 3. The largest absolute Gasteiger partial charge is 0.454 e. The molecule has 0 heterocycles. The molecule has 11 heteroatoms. The van der Waals surface area contributed by atoms with Crippen molar-refractivity contribution in [3.8, 4) is 0 Å². The summed E-state index contributed by atoms with van der Waals surface area (Å²) in [5.41, 5.74) is -0.977. The molecule has 0 aliphatic heterocycles. The van der Waals surface area contributed by atoms with Crippen molar-refractivity contribution in [3.63, 3.8) is 0 Å². The first-order chi connectivity index (χ1) is 13.1. The maximum absolute atomic E-state index is 12.5. The zero-order valence-electron chi connectivity index (χ0n) is 15.0. The molecule has 1 aromatic rings. The summed E-state index contributed by atoms with van der Waals surface area (Å²) in [6.45, 7) is 0.859. The molecule has 8 nitrogen and oxygen atoms in total. The van der Waals surface area contributed by atoms with Crippen LogP contribution in [0.1, 0.15) is 29.3 Å². The molecule has 1 aromatic carbocycles. The minimum atomic E-state index is -4.52. The Morgan fingerprint density at radius 2 is 1.57 bits per heavy atom. The molecule has 0 fully saturated rings. The third kappa shape index (κ3) is 8.52. The van der Waals surface area contributed by atoms with Gasteiger partial charge < -0.3 is 20.7 Å². The minimum Gasteiger partial charge on any atom is -0.454 e. The number of ether oxygens (including phenoxy) is 1. The Kier molecular flexibility index (Phi) is 8.93. The van der Waals surface area contributed by atoms with Crippen LogP contribution in [-0.4, -0.2) is 49.9 Å². The van der Waals surface area contributed by atoms with Gasteiger partial charge in [0.25, 0.3) is 11.8 Å². The molecule has 0 bridgehead atoms. The molecule has 3 amide bonds. The maximum Gasteiger partial charge on any atom is 0.416 e. The molecule has 154 valence electrons. The zero-order valence-corrected chi connectivity index (χ0v) is 15.0. The van der Waals surface area contributed by atoms with E-state index in [4.69, 9.17) is 0 Å². The Balaban J connectivity index is 2.31. The minimum absolute atomic E-state index is 0.0726. The summed E-state index contributed by atoms with van der Waals surface area (Å²) >= 11 is 0. The van der Waals surface area contributed by atoms with Crippen LogP contribution in [0.3, 0.4) is 0 Å². The van der Waals surface area contributed by atoms with Crippen LogP contribution in [0.25, 0.3) is 0 Å². The van der Waals surface area contributed by atoms with Crippen molar-refractivity contribution in [2.45, 2.75) is 19.5 Å². The van der Waals surface area contributed by atoms with E-state index in [0.29, 0.717) is 6.54 Å². The summed E-state index contributed by atoms with van der Waals surface area (Å²) in [5, 5.41) is 6.95. The lowest BCUT2D eigenvalue weighted by atomic mass is 10.1. The molecule has 0 aliphatic carbocycles. The molecule has 0 aromatic heterocycles. The molecule has 0 radical (unpaired) electrons. The van der Waals surface area contributed by atoms with Crippen LogP contribution in [-0.2, 0) is 25.3 Å². The zero-order chi connectivity index (χ0) is 21.2. The van der Waals surface area contributed by atoms with Gasteiger partial charge in [-0.3, -0.25) is 19.2 Å². The van der Waals surface area contributed by atoms with Gasteiger partial charge in [-0.1, -0.05) is 6.92 Å². The highest BCUT2D eigenvalue weighted by Crippen LogP contribution is 2.28. The van der Waals surface area contributed by atoms with E-state index < -0.39 is 42.7 Å². The van der Waals surface area contributed by atoms with Gasteiger partial charge >= 0.3 is 12.1 Å². The first-order valence-electron chi connectivity index (χ1n) is 8.28. The Morgan fingerprint density at radius 1 is 0.929 bits per heavy atom. The van der Waals surface area contributed by atoms with Gasteiger partial charge in [-0.2, -0.15) is 13.2 Å². The van der Waals surface area contributed by atoms with Crippen molar-refractivity contribution in [2.75, 3.05) is 26.2 Å². The van der Waals surface area contributed by atoms with Gasteiger partial charge in [-0.15, -0.1) is 0 Å². The number of benzene rings is 1. The summed E-state index contributed by atoms with van der Waals surface area (Å²) in [7, 11) is 0. The molecule has 0 unspecified atom stereocenters. The number of halogens is 3. The fraction of sp³-hybridized carbons (Fsp3) is 0.412. The molecule has 3 N–H and O–H groups in total. The maximum atomic E-state index is 12.5. The second-order valence-electron chi connectivity index (χ2n) is 5.55. The Bertz CT molecular complexity index is 705. The second kappa shape index (κ2) is 10.9. The predicted octanol–water partition coefficient (Wildman–Crippen LogP) is 0.621. The fourth-order valence-electron chi connectivity index (χ4n) is 1.82. The van der Waals surface area contributed by atoms with Crippen LogP contribution in [0.2, 0.25) is 0 Å². The van der Waals surface area contributed by atoms with E-state index in [1.807, 2.05) is 6.92 Å². The van der Waals surface area contributed by atoms with Crippen molar-refractivity contribution in [3.05, 3.63) is 35.4 Å². The van der Waals surface area contributed by atoms with E-state index in [9.17, 15) is 32.3 Å². The summed E-state index contributed by atoms with van der Waals surface area (Å²) in [5.74, 6) is -2.78. The Morgan fingerprint density at radius 3 is 2.14 bits per heavy atom. The van der Waals surface area contributed by atoms with Crippen LogP contribution >= 0.6 is 0 Å². The Hall–Kier alpha value is -3.11. The van der Waals surface area contributed by atoms with Crippen molar-refractivity contribution in [2.24, 2.45) is 0 Å². The number of rotatable bonds is 9. The molecule has 0 spiro atoms. The molecular formula is C17H20F3N3O5. The van der Waals surface area contributed by atoms with E-state index >= 15 is 0 Å². The highest BCUT2D eigenvalue weighted by atomic mass is 19.4. The standard InChI is InChI=1S/C17H20F3N3O5/c1-2-7-21-13(24)8-22-14(25)10-28-15(26)9-23-16(27)11-3-5-12(6-4-11)17(18,19)20/h3-6H,2,7-10H2,1H3,(H,21,24)(H,22,25)(H,23,27). The van der Waals surface area contributed by atoms with Gasteiger partial charge in [-0.05, 0) is 30.7 Å². The van der Waals surface area contributed by atoms with Gasteiger partial charge in [0.1, 0.15) is 6.54 Å². The summed E-state index contributed by atoms with van der Waals surface area (Å²) in [6, 6.07) is 3.43. The monoisotopic (exact) mass is 403 g/mol. The molecular weight excluding hydrogens is 383 g/mol. The third-order valence-corrected chi connectivity index (χ3v) is 3.25. The van der Waals surface area contributed by atoms with Gasteiger partial charge in [0, 0.05) is 12.1 Å². The fourth-order valence-corrected chi connectivity index (χ4v) is 1.82. The molecule has 0 saturated carbocycles. The Labute approximate surface area is 158 Å². The average molecular weight is 403 g/mol. The van der Waals surface area contributed by atoms with Crippen LogP contribution < -0.4 is 16.0 Å². The predicted molar refractivity (Wildman–Crippen MR) is 91.0 cm³/mol. The number of esters is 1. The number of hydrogen-bond acceptors (Lipinski definition) is 5. The quantitative estimate of drug-likeness (QED) is 0.523. The lowest BCUT2D eigenvalue weighted by Crippen LogP contribution is -2.39. The number of amides is 3. The summed E-state index contributed by atoms with van der Waals surface area (Å²) in [6.07, 6.45) is -3.77. The smallest absolute Gasteiger partial charge is 0.416 e. The molecule has 0 atom stereocenters. The number of alkyl halides is 3. The number of carbonyl (C=O) groups excluding carboxylic acids is 4. The van der Waals surface area contributed by atoms with Crippen LogP contribution in [0.5, 0.6) is 0 Å². The number of carbonyl (C=O) groups is 4. The van der Waals surface area contributed by atoms with Crippen molar-refractivity contribution < 1.29 is 37.1 Å². The van der Waals surface area contributed by atoms with E-state index in [1.54, 1.807) is 0 Å². The van der Waals surface area contributed by atoms with E-state index in [2.05, 4.69) is 20.7 Å². The van der Waals surface area contributed by atoms with Crippen molar-refractivity contribution in [1.29, 1.82) is 0 Å². The highest BCUT2D eigenvalue weighted by molar-refractivity contribution is 5.96. The normalized spacial score (nSPS) is 10.7. The van der Waals surface area contributed by atoms with Gasteiger partial charge in [0.05, 0.1) is 12.1 Å². The van der Waals surface area contributed by atoms with Crippen molar-refractivity contribution >= 4 is 23.7 Å². The van der Waals surface area contributed by atoms with Gasteiger partial charge in [0.2, 0.25) is 5.91 Å². The van der Waals surface area contributed by atoms with Crippen LogP contribution in [0.15, 0.2) is 24.3 Å². The van der Waals surface area contributed by atoms with E-state index in [1.165, 1.54) is 0 Å². The molecule has 0 saturated heterocycles. The van der Waals surface area contributed by atoms with E-state index in [-0.39, 0.29) is 18.0 Å². The second-order valence-corrected chi connectivity index (χ2v) is 5.55. The molecule has 28 heavy (non-hydrogen) atoms. The van der Waals surface area contributed by atoms with Crippen molar-refractivity contribution in [1.82, 2.24) is 16.0 Å². The van der Waals surface area contributed by atoms with Crippen LogP contribution in [0, 0.1) is 0 Å². The SMILES string of the molecule is CCCNC(=O)CNC(=O)COC(=O)CNC(=O)c1ccc(C(F)(F)F)cc1. The molecule has 0 aliphatic rings. The van der Waals surface area contributed by atoms with Crippen LogP contribution in [0.4, 0.5) is 13.2 Å². The van der Waals surface area contributed by atoms with Gasteiger partial charge in [0.15, 0.2) is 6.61 Å². The summed E-state index contributed by atoms with van der Waals surface area (Å²) in [4.78, 5) is 46.0. The third-order valence-electron chi connectivity index (χ3n) is 3.25. The van der Waals surface area contributed by atoms with E-state index in [0.717, 1.165) is 30.7 Å². The first-order valence-corrected chi connectivity index (χ1v) is 8.28. The average Bonchev–Trinajstić information content (AvgIpc) is 2.66. The lowest BCUT2D eigenvalue weighted by molar-refractivity contribution is -0.147. The lowest BCUT2D eigenvalue weighted by Gasteiger charge is -2.09. The highest BCUT2D eigenvalue weighted by Gasteiger charge is 2.30. The summed E-state index contributed by atoms with van der Waals surface area (Å²) < 4.78 is 42.0. The molecule has 1 rings (SSSR count). The number of nitrogens with one attached hydrogen (secondary N) is 3. The first kappa shape index (κ1) is 22.9.